The van der Waals surface area contributed by atoms with Gasteiger partial charge in [0.1, 0.15) is 5.82 Å². The fourth-order valence-corrected chi connectivity index (χ4v) is 1.83. The van der Waals surface area contributed by atoms with Crippen molar-refractivity contribution in [1.82, 2.24) is 0 Å². The van der Waals surface area contributed by atoms with Crippen LogP contribution in [0.4, 0.5) is 15.8 Å². The van der Waals surface area contributed by atoms with Crippen molar-refractivity contribution in [3.8, 4) is 0 Å². The molecule has 2 aromatic rings. The highest BCUT2D eigenvalue weighted by atomic mass is 35.5. The second kappa shape index (κ2) is 5.79. The van der Waals surface area contributed by atoms with Gasteiger partial charge in [0, 0.05) is 11.6 Å². The van der Waals surface area contributed by atoms with E-state index in [1.165, 1.54) is 0 Å². The van der Waals surface area contributed by atoms with Gasteiger partial charge in [-0.3, -0.25) is 0 Å². The molecule has 0 aliphatic heterocycles. The quantitative estimate of drug-likeness (QED) is 0.756. The highest BCUT2D eigenvalue weighted by Gasteiger charge is 2.13. The molecule has 0 radical (unpaired) electrons. The van der Waals surface area contributed by atoms with Crippen LogP contribution in [0, 0.1) is 5.82 Å². The highest BCUT2D eigenvalue weighted by molar-refractivity contribution is 6.30. The molecule has 2 rings (SSSR count). The smallest absolute Gasteiger partial charge is 0.338 e. The zero-order valence-electron chi connectivity index (χ0n) is 10.4. The van der Waals surface area contributed by atoms with Gasteiger partial charge < -0.3 is 16.2 Å². The van der Waals surface area contributed by atoms with Crippen LogP contribution in [-0.2, 0) is 6.54 Å². The molecule has 0 unspecified atom stereocenters. The molecule has 0 aliphatic rings. The van der Waals surface area contributed by atoms with E-state index in [2.05, 4.69) is 5.32 Å². The van der Waals surface area contributed by atoms with Crippen molar-refractivity contribution in [2.75, 3.05) is 11.1 Å². The third-order valence-electron chi connectivity index (χ3n) is 2.77. The molecule has 0 heterocycles. The van der Waals surface area contributed by atoms with Crippen LogP contribution in [0.1, 0.15) is 15.9 Å². The first kappa shape index (κ1) is 14.1. The monoisotopic (exact) mass is 294 g/mol. The van der Waals surface area contributed by atoms with E-state index in [0.717, 1.165) is 17.7 Å². The van der Waals surface area contributed by atoms with Crippen LogP contribution in [0.3, 0.4) is 0 Å². The normalized spacial score (nSPS) is 10.3. The van der Waals surface area contributed by atoms with Gasteiger partial charge in [-0.05, 0) is 29.8 Å². The number of anilines is 2. The molecule has 0 aromatic heterocycles. The summed E-state index contributed by atoms with van der Waals surface area (Å²) in [6.07, 6.45) is 0. The maximum atomic E-state index is 13.6. The van der Waals surface area contributed by atoms with Crippen molar-refractivity contribution in [1.29, 1.82) is 0 Å². The first-order chi connectivity index (χ1) is 9.47. The second-order valence-corrected chi connectivity index (χ2v) is 4.64. The number of hydrogen-bond acceptors (Lipinski definition) is 3. The zero-order valence-corrected chi connectivity index (χ0v) is 11.1. The summed E-state index contributed by atoms with van der Waals surface area (Å²) in [5, 5.41) is 12.4. The number of carboxylic acids is 1. The summed E-state index contributed by atoms with van der Waals surface area (Å²) in [6.45, 7) is 0.424. The van der Waals surface area contributed by atoms with Gasteiger partial charge in [-0.2, -0.15) is 0 Å². The molecule has 20 heavy (non-hydrogen) atoms. The number of carboxylic acid groups (broad SMARTS) is 1. The number of rotatable bonds is 4. The van der Waals surface area contributed by atoms with Crippen LogP contribution < -0.4 is 11.1 Å². The third kappa shape index (κ3) is 3.19. The molecular formula is C14H12ClFN2O2. The summed E-state index contributed by atoms with van der Waals surface area (Å²) < 4.78 is 13.6. The number of aromatic carboxylic acids is 1. The van der Waals surface area contributed by atoms with Crippen molar-refractivity contribution < 1.29 is 14.3 Å². The predicted octanol–water partition coefficient (Wildman–Crippen LogP) is 3.37. The van der Waals surface area contributed by atoms with Gasteiger partial charge in [0.15, 0.2) is 0 Å². The van der Waals surface area contributed by atoms with E-state index in [0.29, 0.717) is 17.3 Å². The minimum absolute atomic E-state index is 0.178. The number of halogens is 2. The van der Waals surface area contributed by atoms with Gasteiger partial charge in [-0.1, -0.05) is 23.7 Å². The van der Waals surface area contributed by atoms with E-state index < -0.39 is 17.3 Å². The van der Waals surface area contributed by atoms with Crippen LogP contribution in [0.5, 0.6) is 0 Å². The van der Waals surface area contributed by atoms with Crippen molar-refractivity contribution in [2.45, 2.75) is 6.54 Å². The summed E-state index contributed by atoms with van der Waals surface area (Å²) in [6, 6.07) is 9.32. The van der Waals surface area contributed by atoms with Gasteiger partial charge in [-0.25, -0.2) is 9.18 Å². The number of carbonyl (C=O) groups is 1. The van der Waals surface area contributed by atoms with Gasteiger partial charge in [0.25, 0.3) is 0 Å². The molecule has 6 heteroatoms. The predicted molar refractivity (Wildman–Crippen MR) is 76.6 cm³/mol. The van der Waals surface area contributed by atoms with Gasteiger partial charge in [0.05, 0.1) is 16.9 Å². The maximum Gasteiger partial charge on any atom is 0.338 e. The molecule has 0 atom stereocenters. The van der Waals surface area contributed by atoms with E-state index >= 15 is 0 Å². The average Bonchev–Trinajstić information content (AvgIpc) is 2.41. The largest absolute Gasteiger partial charge is 0.478 e. The van der Waals surface area contributed by atoms with E-state index in [-0.39, 0.29) is 5.69 Å². The Morgan fingerprint density at radius 3 is 2.55 bits per heavy atom. The molecule has 0 spiro atoms. The average molecular weight is 295 g/mol. The van der Waals surface area contributed by atoms with Gasteiger partial charge in [-0.15, -0.1) is 0 Å². The molecule has 0 bridgehead atoms. The molecule has 0 amide bonds. The van der Waals surface area contributed by atoms with Crippen molar-refractivity contribution in [2.24, 2.45) is 0 Å². The van der Waals surface area contributed by atoms with Crippen molar-refractivity contribution in [3.63, 3.8) is 0 Å². The van der Waals surface area contributed by atoms with Crippen molar-refractivity contribution >= 4 is 28.9 Å². The molecule has 0 saturated carbocycles. The summed E-state index contributed by atoms with van der Waals surface area (Å²) in [7, 11) is 0. The van der Waals surface area contributed by atoms with E-state index in [4.69, 9.17) is 22.4 Å². The number of nitrogens with one attached hydrogen (secondary N) is 1. The van der Waals surface area contributed by atoms with Gasteiger partial charge in [0.2, 0.25) is 0 Å². The first-order valence-electron chi connectivity index (χ1n) is 5.78. The minimum atomic E-state index is -1.35. The maximum absolute atomic E-state index is 13.6. The lowest BCUT2D eigenvalue weighted by Gasteiger charge is -2.11. The summed E-state index contributed by atoms with van der Waals surface area (Å²) in [4.78, 5) is 10.8. The Morgan fingerprint density at radius 2 is 1.95 bits per heavy atom. The number of benzene rings is 2. The van der Waals surface area contributed by atoms with E-state index in [1.807, 2.05) is 12.1 Å². The zero-order chi connectivity index (χ0) is 14.7. The SMILES string of the molecule is Nc1cc(C(=O)O)c(F)cc1NCc1ccc(Cl)cc1. The molecule has 0 aliphatic carbocycles. The lowest BCUT2D eigenvalue weighted by Crippen LogP contribution is -2.07. The molecule has 4 nitrogen and oxygen atoms in total. The van der Waals surface area contributed by atoms with Crippen LogP contribution in [0.15, 0.2) is 36.4 Å². The Hall–Kier alpha value is -2.27. The van der Waals surface area contributed by atoms with Gasteiger partial charge >= 0.3 is 5.97 Å². The lowest BCUT2D eigenvalue weighted by molar-refractivity contribution is 0.0692. The fourth-order valence-electron chi connectivity index (χ4n) is 1.71. The second-order valence-electron chi connectivity index (χ2n) is 4.20. The summed E-state index contributed by atoms with van der Waals surface area (Å²) in [5.41, 5.74) is 6.73. The molecule has 0 fully saturated rings. The fraction of sp³-hybridized carbons (Fsp3) is 0.0714. The summed E-state index contributed by atoms with van der Waals surface area (Å²) >= 11 is 5.78. The topological polar surface area (TPSA) is 75.4 Å². The molecular weight excluding hydrogens is 283 g/mol. The van der Waals surface area contributed by atoms with Crippen LogP contribution in [-0.4, -0.2) is 11.1 Å². The van der Waals surface area contributed by atoms with E-state index in [9.17, 15) is 9.18 Å². The Morgan fingerprint density at radius 1 is 1.30 bits per heavy atom. The Bertz CT molecular complexity index is 644. The molecule has 2 aromatic carbocycles. The summed E-state index contributed by atoms with van der Waals surface area (Å²) in [5.74, 6) is -2.18. The standard InChI is InChI=1S/C14H12ClFN2O2/c15-9-3-1-8(2-4-9)7-18-13-6-11(16)10(14(19)20)5-12(13)17/h1-6,18H,7,17H2,(H,19,20). The highest BCUT2D eigenvalue weighted by Crippen LogP contribution is 2.24. The van der Waals surface area contributed by atoms with Crippen LogP contribution in [0.25, 0.3) is 0 Å². The molecule has 0 saturated heterocycles. The Labute approximate surface area is 120 Å². The number of nitrogens with two attached hydrogens (primary N) is 1. The number of nitrogen functional groups attached to an aromatic ring is 1. The van der Waals surface area contributed by atoms with Crippen molar-refractivity contribution in [3.05, 3.63) is 58.4 Å². The lowest BCUT2D eigenvalue weighted by atomic mass is 10.1. The Balaban J connectivity index is 2.16. The van der Waals surface area contributed by atoms with Crippen LogP contribution in [0.2, 0.25) is 5.02 Å². The first-order valence-corrected chi connectivity index (χ1v) is 6.16. The van der Waals surface area contributed by atoms with E-state index in [1.54, 1.807) is 12.1 Å². The Kier molecular flexibility index (Phi) is 4.10. The number of hydrogen-bond donors (Lipinski definition) is 3. The molecule has 104 valence electrons. The molecule has 4 N–H and O–H groups in total. The van der Waals surface area contributed by atoms with Crippen LogP contribution >= 0.6 is 11.6 Å². The minimum Gasteiger partial charge on any atom is -0.478 e. The third-order valence-corrected chi connectivity index (χ3v) is 3.02.